The summed E-state index contributed by atoms with van der Waals surface area (Å²) in [6, 6.07) is 8.39. The monoisotopic (exact) mass is 243 g/mol. The van der Waals surface area contributed by atoms with Crippen LogP contribution in [0.25, 0.3) is 21.6 Å². The van der Waals surface area contributed by atoms with Gasteiger partial charge in [0, 0.05) is 10.9 Å². The Morgan fingerprint density at radius 2 is 2.12 bits per heavy atom. The van der Waals surface area contributed by atoms with Crippen LogP contribution < -0.4 is 5.73 Å². The zero-order valence-electron chi connectivity index (χ0n) is 9.74. The third kappa shape index (κ3) is 1.61. The third-order valence-electron chi connectivity index (χ3n) is 2.95. The summed E-state index contributed by atoms with van der Waals surface area (Å²) in [5.74, 6) is 0. The smallest absolute Gasteiger partial charge is 0.141 e. The normalized spacial score (nSPS) is 11.2. The number of aromatic amines is 1. The van der Waals surface area contributed by atoms with Crippen molar-refractivity contribution in [1.82, 2.24) is 9.97 Å². The second-order valence-electron chi connectivity index (χ2n) is 4.19. The SMILES string of the molecule is Cc1nc(-c2cc3c(C)cccc3[nH]2)sc1N. The molecule has 17 heavy (non-hydrogen) atoms. The van der Waals surface area contributed by atoms with E-state index in [9.17, 15) is 0 Å². The number of rotatable bonds is 1. The Balaban J connectivity index is 2.21. The highest BCUT2D eigenvalue weighted by Crippen LogP contribution is 2.31. The van der Waals surface area contributed by atoms with Crippen molar-refractivity contribution in [3.8, 4) is 10.7 Å². The van der Waals surface area contributed by atoms with Gasteiger partial charge < -0.3 is 10.7 Å². The second kappa shape index (κ2) is 3.60. The van der Waals surface area contributed by atoms with Gasteiger partial charge in [-0.25, -0.2) is 4.98 Å². The van der Waals surface area contributed by atoms with Crippen LogP contribution in [0, 0.1) is 13.8 Å². The first-order chi connectivity index (χ1) is 8.15. The molecule has 0 aliphatic rings. The van der Waals surface area contributed by atoms with Gasteiger partial charge in [0.25, 0.3) is 0 Å². The molecule has 3 N–H and O–H groups in total. The number of nitrogens with zero attached hydrogens (tertiary/aromatic N) is 1. The fourth-order valence-corrected chi connectivity index (χ4v) is 2.75. The van der Waals surface area contributed by atoms with Gasteiger partial charge in [-0.1, -0.05) is 23.5 Å². The first-order valence-electron chi connectivity index (χ1n) is 5.47. The number of H-pyrrole nitrogens is 1. The number of thiazole rings is 1. The molecule has 2 heterocycles. The van der Waals surface area contributed by atoms with Gasteiger partial charge in [-0.15, -0.1) is 0 Å². The number of benzene rings is 1. The van der Waals surface area contributed by atoms with Crippen molar-refractivity contribution in [2.45, 2.75) is 13.8 Å². The number of hydrogen-bond acceptors (Lipinski definition) is 3. The van der Waals surface area contributed by atoms with E-state index < -0.39 is 0 Å². The molecule has 0 saturated heterocycles. The fraction of sp³-hybridized carbons (Fsp3) is 0.154. The second-order valence-corrected chi connectivity index (χ2v) is 5.22. The van der Waals surface area contributed by atoms with Gasteiger partial charge in [0.15, 0.2) is 0 Å². The van der Waals surface area contributed by atoms with Crippen molar-refractivity contribution >= 4 is 27.2 Å². The number of anilines is 1. The lowest BCUT2D eigenvalue weighted by Crippen LogP contribution is -1.81. The maximum absolute atomic E-state index is 5.84. The summed E-state index contributed by atoms with van der Waals surface area (Å²) >= 11 is 1.52. The molecule has 86 valence electrons. The number of hydrogen-bond donors (Lipinski definition) is 2. The van der Waals surface area contributed by atoms with Crippen LogP contribution in [-0.2, 0) is 0 Å². The van der Waals surface area contributed by atoms with E-state index in [0.29, 0.717) is 0 Å². The largest absolute Gasteiger partial charge is 0.389 e. The zero-order chi connectivity index (χ0) is 12.0. The Morgan fingerprint density at radius 3 is 2.76 bits per heavy atom. The lowest BCUT2D eigenvalue weighted by molar-refractivity contribution is 1.26. The molecule has 2 aromatic heterocycles. The number of aromatic nitrogens is 2. The number of fused-ring (bicyclic) bond motifs is 1. The fourth-order valence-electron chi connectivity index (χ4n) is 1.95. The maximum atomic E-state index is 5.84. The topological polar surface area (TPSA) is 54.7 Å². The van der Waals surface area contributed by atoms with Crippen molar-refractivity contribution in [3.63, 3.8) is 0 Å². The van der Waals surface area contributed by atoms with Gasteiger partial charge in [0.05, 0.1) is 11.4 Å². The van der Waals surface area contributed by atoms with Crippen LogP contribution in [-0.4, -0.2) is 9.97 Å². The van der Waals surface area contributed by atoms with E-state index in [1.165, 1.54) is 22.3 Å². The molecular weight excluding hydrogens is 230 g/mol. The zero-order valence-corrected chi connectivity index (χ0v) is 10.6. The van der Waals surface area contributed by atoms with Crippen molar-refractivity contribution in [2.75, 3.05) is 5.73 Å². The summed E-state index contributed by atoms with van der Waals surface area (Å²) in [6.45, 7) is 4.05. The highest BCUT2D eigenvalue weighted by molar-refractivity contribution is 7.18. The van der Waals surface area contributed by atoms with Gasteiger partial charge in [0.1, 0.15) is 10.0 Å². The summed E-state index contributed by atoms with van der Waals surface area (Å²) in [5, 5.41) is 2.99. The first kappa shape index (κ1) is 10.4. The highest BCUT2D eigenvalue weighted by Gasteiger charge is 2.10. The van der Waals surface area contributed by atoms with Gasteiger partial charge in [-0.05, 0) is 31.5 Å². The van der Waals surface area contributed by atoms with Gasteiger partial charge in [-0.2, -0.15) is 0 Å². The summed E-state index contributed by atoms with van der Waals surface area (Å²) < 4.78 is 0. The molecule has 0 unspecified atom stereocenters. The molecule has 0 radical (unpaired) electrons. The van der Waals surface area contributed by atoms with Crippen LogP contribution in [0.5, 0.6) is 0 Å². The Kier molecular flexibility index (Phi) is 2.19. The van der Waals surface area contributed by atoms with E-state index in [0.717, 1.165) is 26.9 Å². The van der Waals surface area contributed by atoms with Gasteiger partial charge >= 0.3 is 0 Å². The predicted molar refractivity (Wildman–Crippen MR) is 73.3 cm³/mol. The van der Waals surface area contributed by atoms with E-state index in [-0.39, 0.29) is 0 Å². The van der Waals surface area contributed by atoms with Crippen LogP contribution in [0.2, 0.25) is 0 Å². The number of aryl methyl sites for hydroxylation is 2. The molecule has 0 bridgehead atoms. The van der Waals surface area contributed by atoms with E-state index in [2.05, 4.69) is 41.2 Å². The summed E-state index contributed by atoms with van der Waals surface area (Å²) in [7, 11) is 0. The summed E-state index contributed by atoms with van der Waals surface area (Å²) in [6.07, 6.45) is 0. The molecule has 0 aliphatic carbocycles. The summed E-state index contributed by atoms with van der Waals surface area (Å²) in [4.78, 5) is 7.85. The van der Waals surface area contributed by atoms with Crippen LogP contribution in [0.1, 0.15) is 11.3 Å². The van der Waals surface area contributed by atoms with Crippen molar-refractivity contribution in [3.05, 3.63) is 35.5 Å². The Hall–Kier alpha value is -1.81. The molecule has 3 aromatic rings. The lowest BCUT2D eigenvalue weighted by Gasteiger charge is -1.92. The van der Waals surface area contributed by atoms with Crippen molar-refractivity contribution < 1.29 is 0 Å². The molecular formula is C13H13N3S. The molecule has 0 atom stereocenters. The molecule has 0 amide bonds. The first-order valence-corrected chi connectivity index (χ1v) is 6.28. The van der Waals surface area contributed by atoms with Crippen LogP contribution >= 0.6 is 11.3 Å². The quantitative estimate of drug-likeness (QED) is 0.687. The van der Waals surface area contributed by atoms with Crippen LogP contribution in [0.3, 0.4) is 0 Å². The standard InChI is InChI=1S/C13H13N3S/c1-7-4-3-5-10-9(7)6-11(16-10)13-15-8(2)12(14)17-13/h3-6,16H,14H2,1-2H3. The minimum absolute atomic E-state index is 0.787. The van der Waals surface area contributed by atoms with Crippen LogP contribution in [0.15, 0.2) is 24.3 Å². The molecule has 0 aliphatic heterocycles. The molecule has 4 heteroatoms. The van der Waals surface area contributed by atoms with E-state index >= 15 is 0 Å². The number of nitrogens with two attached hydrogens (primary N) is 1. The van der Waals surface area contributed by atoms with Gasteiger partial charge in [0.2, 0.25) is 0 Å². The lowest BCUT2D eigenvalue weighted by atomic mass is 10.1. The number of nitrogens with one attached hydrogen (secondary N) is 1. The minimum Gasteiger partial charge on any atom is -0.389 e. The molecule has 0 saturated carbocycles. The summed E-state index contributed by atoms with van der Waals surface area (Å²) in [5.41, 5.74) is 10.2. The van der Waals surface area contributed by atoms with Crippen molar-refractivity contribution in [2.24, 2.45) is 0 Å². The van der Waals surface area contributed by atoms with E-state index in [4.69, 9.17) is 5.73 Å². The average molecular weight is 243 g/mol. The molecule has 1 aromatic carbocycles. The predicted octanol–water partition coefficient (Wildman–Crippen LogP) is 3.49. The van der Waals surface area contributed by atoms with Gasteiger partial charge in [-0.3, -0.25) is 0 Å². The number of nitrogen functional groups attached to an aromatic ring is 1. The highest BCUT2D eigenvalue weighted by atomic mass is 32.1. The average Bonchev–Trinajstić information content (AvgIpc) is 2.85. The maximum Gasteiger partial charge on any atom is 0.141 e. The molecule has 3 rings (SSSR count). The third-order valence-corrected chi connectivity index (χ3v) is 3.96. The molecule has 0 fully saturated rings. The Labute approximate surface area is 103 Å². The van der Waals surface area contributed by atoms with E-state index in [1.807, 2.05) is 6.92 Å². The Morgan fingerprint density at radius 1 is 1.29 bits per heavy atom. The van der Waals surface area contributed by atoms with Crippen LogP contribution in [0.4, 0.5) is 5.00 Å². The molecule has 3 nitrogen and oxygen atoms in total. The van der Waals surface area contributed by atoms with E-state index in [1.54, 1.807) is 0 Å². The minimum atomic E-state index is 0.787. The van der Waals surface area contributed by atoms with Crippen molar-refractivity contribution in [1.29, 1.82) is 0 Å². The molecule has 0 spiro atoms. The Bertz CT molecular complexity index is 674.